The van der Waals surface area contributed by atoms with Gasteiger partial charge in [0, 0.05) is 24.3 Å². The standard InChI is InChI=1S/C29H30N4O5/c1-18(34)21-16-20(32-14-8-5-9-15-32)12-13-23(21)33-26(29(36)38-3)25(28(35)37-2)24(22(17-30)27(33)31)19-10-6-4-7-11-19/h4,6-7,10-13,16,24H,5,8-9,14-15,31H2,1-3H3. The Morgan fingerprint density at radius 3 is 2.21 bits per heavy atom. The molecule has 2 N–H and O–H groups in total. The molecule has 1 unspecified atom stereocenters. The molecule has 0 saturated carbocycles. The number of ketones is 1. The first-order chi connectivity index (χ1) is 18.3. The number of nitriles is 1. The molecule has 2 aromatic carbocycles. The van der Waals surface area contributed by atoms with Gasteiger partial charge in [0.1, 0.15) is 11.5 Å². The van der Waals surface area contributed by atoms with E-state index in [0.717, 1.165) is 38.0 Å². The molecule has 0 radical (unpaired) electrons. The first-order valence-electron chi connectivity index (χ1n) is 12.4. The second kappa shape index (κ2) is 11.2. The van der Waals surface area contributed by atoms with Gasteiger partial charge in [-0.3, -0.25) is 9.69 Å². The summed E-state index contributed by atoms with van der Waals surface area (Å²) in [6.45, 7) is 3.17. The van der Waals surface area contributed by atoms with Gasteiger partial charge in [0.15, 0.2) is 5.78 Å². The number of carbonyl (C=O) groups excluding carboxylic acids is 3. The van der Waals surface area contributed by atoms with E-state index in [2.05, 4.69) is 11.0 Å². The highest BCUT2D eigenvalue weighted by Gasteiger charge is 2.43. The van der Waals surface area contributed by atoms with Gasteiger partial charge in [-0.1, -0.05) is 30.3 Å². The molecular formula is C29H30N4O5. The van der Waals surface area contributed by atoms with Crippen molar-refractivity contribution in [2.75, 3.05) is 37.1 Å². The van der Waals surface area contributed by atoms with E-state index in [1.165, 1.54) is 26.0 Å². The molecule has 1 atom stereocenters. The van der Waals surface area contributed by atoms with Crippen LogP contribution in [0.15, 0.2) is 71.2 Å². The first-order valence-corrected chi connectivity index (χ1v) is 12.4. The van der Waals surface area contributed by atoms with E-state index in [-0.39, 0.29) is 39.7 Å². The summed E-state index contributed by atoms with van der Waals surface area (Å²) in [5.41, 5.74) is 8.31. The molecule has 4 rings (SSSR count). The van der Waals surface area contributed by atoms with Crippen LogP contribution in [0.3, 0.4) is 0 Å². The number of ether oxygens (including phenoxy) is 2. The van der Waals surface area contributed by atoms with Gasteiger partial charge < -0.3 is 20.1 Å². The Morgan fingerprint density at radius 1 is 0.974 bits per heavy atom. The number of nitrogens with two attached hydrogens (primary N) is 1. The number of allylic oxidation sites excluding steroid dienone is 1. The third-order valence-electron chi connectivity index (χ3n) is 6.93. The quantitative estimate of drug-likeness (QED) is 0.453. The van der Waals surface area contributed by atoms with E-state index < -0.39 is 17.9 Å². The van der Waals surface area contributed by atoms with E-state index in [1.54, 1.807) is 42.5 Å². The summed E-state index contributed by atoms with van der Waals surface area (Å²) in [5, 5.41) is 10.2. The molecule has 9 nitrogen and oxygen atoms in total. The van der Waals surface area contributed by atoms with Crippen LogP contribution in [0.4, 0.5) is 11.4 Å². The number of hydrogen-bond acceptors (Lipinski definition) is 9. The lowest BCUT2D eigenvalue weighted by atomic mass is 9.80. The maximum absolute atomic E-state index is 13.3. The van der Waals surface area contributed by atoms with E-state index in [0.29, 0.717) is 5.56 Å². The number of benzene rings is 2. The zero-order valence-electron chi connectivity index (χ0n) is 21.7. The highest BCUT2D eigenvalue weighted by Crippen LogP contribution is 2.44. The molecule has 9 heteroatoms. The van der Waals surface area contributed by atoms with E-state index in [9.17, 15) is 19.6 Å². The largest absolute Gasteiger partial charge is 0.466 e. The van der Waals surface area contributed by atoms with Gasteiger partial charge in [-0.15, -0.1) is 0 Å². The molecule has 0 bridgehead atoms. The summed E-state index contributed by atoms with van der Waals surface area (Å²) in [7, 11) is 2.38. The fraction of sp³-hybridized carbons (Fsp3) is 0.310. The second-order valence-corrected chi connectivity index (χ2v) is 9.14. The monoisotopic (exact) mass is 514 g/mol. The zero-order chi connectivity index (χ0) is 27.4. The molecule has 0 amide bonds. The van der Waals surface area contributed by atoms with Crippen molar-refractivity contribution >= 4 is 29.1 Å². The minimum Gasteiger partial charge on any atom is -0.466 e. The Balaban J connectivity index is 2.01. The molecule has 196 valence electrons. The number of anilines is 2. The van der Waals surface area contributed by atoms with Gasteiger partial charge in [0.05, 0.1) is 43.0 Å². The number of Topliss-reactive ketones (excluding diaryl/α,β-unsaturated/α-hetero) is 1. The predicted octanol–water partition coefficient (Wildman–Crippen LogP) is 3.78. The van der Waals surface area contributed by atoms with Crippen LogP contribution in [0.5, 0.6) is 0 Å². The van der Waals surface area contributed by atoms with Crippen molar-refractivity contribution in [1.29, 1.82) is 5.26 Å². The van der Waals surface area contributed by atoms with Crippen molar-refractivity contribution < 1.29 is 23.9 Å². The van der Waals surface area contributed by atoms with Crippen LogP contribution in [0, 0.1) is 11.3 Å². The minimum atomic E-state index is -0.979. The zero-order valence-corrected chi connectivity index (χ0v) is 21.7. The van der Waals surface area contributed by atoms with E-state index in [1.807, 2.05) is 6.07 Å². The lowest BCUT2D eigenvalue weighted by Gasteiger charge is -2.37. The maximum Gasteiger partial charge on any atom is 0.355 e. The normalized spacial score (nSPS) is 17.7. The van der Waals surface area contributed by atoms with Crippen LogP contribution in [-0.4, -0.2) is 45.0 Å². The van der Waals surface area contributed by atoms with Crippen molar-refractivity contribution in [2.45, 2.75) is 32.1 Å². The van der Waals surface area contributed by atoms with Crippen molar-refractivity contribution in [2.24, 2.45) is 5.73 Å². The smallest absolute Gasteiger partial charge is 0.355 e. The van der Waals surface area contributed by atoms with Gasteiger partial charge >= 0.3 is 11.9 Å². The Hall–Kier alpha value is -4.58. The molecule has 0 aromatic heterocycles. The third kappa shape index (κ3) is 4.73. The summed E-state index contributed by atoms with van der Waals surface area (Å²) in [5.74, 6) is -3.01. The summed E-state index contributed by atoms with van der Waals surface area (Å²) in [6.07, 6.45) is 3.28. The van der Waals surface area contributed by atoms with Crippen LogP contribution < -0.4 is 15.5 Å². The summed E-state index contributed by atoms with van der Waals surface area (Å²) in [6, 6.07) is 16.2. The fourth-order valence-corrected chi connectivity index (χ4v) is 5.11. The van der Waals surface area contributed by atoms with Gasteiger partial charge in [-0.05, 0) is 49.9 Å². The number of carbonyl (C=O) groups is 3. The van der Waals surface area contributed by atoms with Gasteiger partial charge in [-0.2, -0.15) is 5.26 Å². The lowest BCUT2D eigenvalue weighted by Crippen LogP contribution is -2.41. The first kappa shape index (κ1) is 26.5. The van der Waals surface area contributed by atoms with E-state index in [4.69, 9.17) is 15.2 Å². The Morgan fingerprint density at radius 2 is 1.63 bits per heavy atom. The maximum atomic E-state index is 13.3. The second-order valence-electron chi connectivity index (χ2n) is 9.14. The van der Waals surface area contributed by atoms with Crippen LogP contribution in [0.2, 0.25) is 0 Å². The highest BCUT2D eigenvalue weighted by molar-refractivity contribution is 6.09. The Bertz CT molecular complexity index is 1370. The van der Waals surface area contributed by atoms with Crippen LogP contribution in [0.25, 0.3) is 0 Å². The van der Waals surface area contributed by atoms with Gasteiger partial charge in [-0.25, -0.2) is 9.59 Å². The number of methoxy groups -OCH3 is 2. The number of hydrogen-bond donors (Lipinski definition) is 1. The molecule has 38 heavy (non-hydrogen) atoms. The Kier molecular flexibility index (Phi) is 7.82. The SMILES string of the molecule is COC(=O)C1=C(C(=O)OC)N(c2ccc(N3CCCCC3)cc2C(C)=O)C(N)=C(C#N)C1c1ccccc1. The average Bonchev–Trinajstić information content (AvgIpc) is 2.96. The number of nitrogens with zero attached hydrogens (tertiary/aromatic N) is 3. The molecular weight excluding hydrogens is 484 g/mol. The number of esters is 2. The van der Waals surface area contributed by atoms with Crippen molar-refractivity contribution in [3.05, 3.63) is 82.3 Å². The molecule has 0 spiro atoms. The molecule has 2 aromatic rings. The number of piperidine rings is 1. The molecule has 1 saturated heterocycles. The van der Waals surface area contributed by atoms with Crippen molar-refractivity contribution in [3.63, 3.8) is 0 Å². The molecule has 2 aliphatic heterocycles. The molecule has 2 aliphatic rings. The molecule has 1 fully saturated rings. The summed E-state index contributed by atoms with van der Waals surface area (Å²) >= 11 is 0. The van der Waals surface area contributed by atoms with Gasteiger partial charge in [0.25, 0.3) is 0 Å². The minimum absolute atomic E-state index is 0.0406. The van der Waals surface area contributed by atoms with Gasteiger partial charge in [0.2, 0.25) is 0 Å². The fourth-order valence-electron chi connectivity index (χ4n) is 5.11. The highest BCUT2D eigenvalue weighted by atomic mass is 16.5. The average molecular weight is 515 g/mol. The lowest BCUT2D eigenvalue weighted by molar-refractivity contribution is -0.139. The third-order valence-corrected chi connectivity index (χ3v) is 6.93. The van der Waals surface area contributed by atoms with Crippen molar-refractivity contribution in [1.82, 2.24) is 0 Å². The van der Waals surface area contributed by atoms with Crippen LogP contribution in [-0.2, 0) is 19.1 Å². The Labute approximate surface area is 221 Å². The predicted molar refractivity (Wildman–Crippen MR) is 142 cm³/mol. The number of rotatable bonds is 6. The summed E-state index contributed by atoms with van der Waals surface area (Å²) < 4.78 is 10.2. The molecule has 0 aliphatic carbocycles. The summed E-state index contributed by atoms with van der Waals surface area (Å²) in [4.78, 5) is 42.9. The van der Waals surface area contributed by atoms with Crippen LogP contribution in [0.1, 0.15) is 48.0 Å². The molecule has 2 heterocycles. The van der Waals surface area contributed by atoms with E-state index >= 15 is 0 Å². The van der Waals surface area contributed by atoms with Crippen molar-refractivity contribution in [3.8, 4) is 6.07 Å². The van der Waals surface area contributed by atoms with Crippen LogP contribution >= 0.6 is 0 Å². The topological polar surface area (TPSA) is 126 Å².